The van der Waals surface area contributed by atoms with Gasteiger partial charge >= 0.3 is 0 Å². The minimum Gasteiger partial charge on any atom is -0.331 e. The second kappa shape index (κ2) is 5.02. The van der Waals surface area contributed by atoms with Gasteiger partial charge in [0.15, 0.2) is 0 Å². The molecule has 0 radical (unpaired) electrons. The van der Waals surface area contributed by atoms with E-state index in [1.807, 2.05) is 6.20 Å². The summed E-state index contributed by atoms with van der Waals surface area (Å²) in [5.41, 5.74) is 0. The number of imidazole rings is 1. The molecule has 0 saturated heterocycles. The van der Waals surface area contributed by atoms with Crippen molar-refractivity contribution in [3.8, 4) is 0 Å². The van der Waals surface area contributed by atoms with E-state index in [1.165, 1.54) is 5.82 Å². The Labute approximate surface area is 80.2 Å². The third-order valence-electron chi connectivity index (χ3n) is 2.23. The molecule has 1 unspecified atom stereocenters. The molecule has 0 saturated carbocycles. The van der Waals surface area contributed by atoms with Crippen LogP contribution in [0, 0.1) is 0 Å². The summed E-state index contributed by atoms with van der Waals surface area (Å²) < 4.78 is 2.24. The van der Waals surface area contributed by atoms with Crippen LogP contribution in [0.1, 0.15) is 32.6 Å². The lowest BCUT2D eigenvalue weighted by molar-refractivity contribution is 0.487. The lowest BCUT2D eigenvalue weighted by Crippen LogP contribution is -2.23. The maximum Gasteiger partial charge on any atom is 0.108 e. The zero-order valence-electron chi connectivity index (χ0n) is 8.75. The van der Waals surface area contributed by atoms with Crippen molar-refractivity contribution in [3.05, 3.63) is 18.2 Å². The second-order valence-electron chi connectivity index (χ2n) is 3.26. The predicted molar refractivity (Wildman–Crippen MR) is 54.9 cm³/mol. The number of aromatic nitrogens is 2. The molecule has 0 bridgehead atoms. The molecule has 1 N–H and O–H groups in total. The van der Waals surface area contributed by atoms with Crippen LogP contribution in [0.4, 0.5) is 0 Å². The van der Waals surface area contributed by atoms with Gasteiger partial charge in [-0.2, -0.15) is 0 Å². The Balaban J connectivity index is 2.59. The van der Waals surface area contributed by atoms with Crippen LogP contribution in [0.2, 0.25) is 0 Å². The first-order chi connectivity index (χ1) is 6.29. The molecular weight excluding hydrogens is 162 g/mol. The highest BCUT2D eigenvalue weighted by Gasteiger charge is 2.06. The fraction of sp³-hybridized carbons (Fsp3) is 0.700. The fourth-order valence-electron chi connectivity index (χ4n) is 1.47. The van der Waals surface area contributed by atoms with E-state index in [0.29, 0.717) is 6.04 Å². The van der Waals surface area contributed by atoms with Crippen LogP contribution < -0.4 is 5.32 Å². The van der Waals surface area contributed by atoms with Gasteiger partial charge in [0, 0.05) is 31.4 Å². The molecule has 1 aromatic heterocycles. The zero-order chi connectivity index (χ0) is 9.68. The third-order valence-corrected chi connectivity index (χ3v) is 2.23. The maximum absolute atomic E-state index is 4.30. The van der Waals surface area contributed by atoms with Gasteiger partial charge in [-0.05, 0) is 13.5 Å². The summed E-state index contributed by atoms with van der Waals surface area (Å²) in [6.07, 6.45) is 4.94. The zero-order valence-corrected chi connectivity index (χ0v) is 8.75. The average molecular weight is 181 g/mol. The highest BCUT2D eigenvalue weighted by atomic mass is 15.1. The van der Waals surface area contributed by atoms with Gasteiger partial charge in [0.05, 0.1) is 0 Å². The summed E-state index contributed by atoms with van der Waals surface area (Å²) in [5.74, 6) is 1.17. The first kappa shape index (κ1) is 10.3. The molecule has 0 spiro atoms. The summed E-state index contributed by atoms with van der Waals surface area (Å²) in [6, 6.07) is 0.498. The van der Waals surface area contributed by atoms with Crippen molar-refractivity contribution >= 4 is 0 Å². The molecule has 0 aliphatic rings. The molecule has 0 fully saturated rings. The summed E-state index contributed by atoms with van der Waals surface area (Å²) in [7, 11) is 0. The molecule has 13 heavy (non-hydrogen) atoms. The van der Waals surface area contributed by atoms with E-state index < -0.39 is 0 Å². The van der Waals surface area contributed by atoms with E-state index in [4.69, 9.17) is 0 Å². The number of hydrogen-bond donors (Lipinski definition) is 1. The standard InChI is InChI=1S/C10H19N3/c1-4-10-12-6-7-13(10)9(3)8-11-5-2/h6-7,9,11H,4-5,8H2,1-3H3. The molecular formula is C10H19N3. The van der Waals surface area contributed by atoms with Gasteiger partial charge in [-0.15, -0.1) is 0 Å². The van der Waals surface area contributed by atoms with Crippen LogP contribution in [0.15, 0.2) is 12.4 Å². The van der Waals surface area contributed by atoms with Crippen molar-refractivity contribution in [2.75, 3.05) is 13.1 Å². The molecule has 1 heterocycles. The minimum atomic E-state index is 0.498. The van der Waals surface area contributed by atoms with Crippen LogP contribution in [-0.2, 0) is 6.42 Å². The lowest BCUT2D eigenvalue weighted by atomic mass is 10.3. The van der Waals surface area contributed by atoms with Crippen LogP contribution in [0.3, 0.4) is 0 Å². The molecule has 0 aliphatic heterocycles. The number of likely N-dealkylation sites (N-methyl/N-ethyl adjacent to an activating group) is 1. The summed E-state index contributed by atoms with van der Waals surface area (Å²) >= 11 is 0. The van der Waals surface area contributed by atoms with Gasteiger partial charge in [0.1, 0.15) is 5.82 Å². The number of hydrogen-bond acceptors (Lipinski definition) is 2. The Bertz CT molecular complexity index is 242. The third kappa shape index (κ3) is 2.56. The Morgan fingerprint density at radius 2 is 2.31 bits per heavy atom. The van der Waals surface area contributed by atoms with E-state index in [2.05, 4.69) is 41.8 Å². The van der Waals surface area contributed by atoms with Gasteiger partial charge in [0.2, 0.25) is 0 Å². The largest absolute Gasteiger partial charge is 0.331 e. The molecule has 74 valence electrons. The molecule has 0 aliphatic carbocycles. The Morgan fingerprint density at radius 1 is 1.54 bits per heavy atom. The minimum absolute atomic E-state index is 0.498. The van der Waals surface area contributed by atoms with Crippen molar-refractivity contribution in [2.24, 2.45) is 0 Å². The van der Waals surface area contributed by atoms with Crippen LogP contribution in [0.5, 0.6) is 0 Å². The Kier molecular flexibility index (Phi) is 3.96. The highest BCUT2D eigenvalue weighted by molar-refractivity contribution is 4.94. The van der Waals surface area contributed by atoms with Gasteiger partial charge in [-0.25, -0.2) is 4.98 Å². The van der Waals surface area contributed by atoms with Crippen molar-refractivity contribution in [3.63, 3.8) is 0 Å². The molecule has 3 heteroatoms. The first-order valence-corrected chi connectivity index (χ1v) is 5.02. The normalized spacial score (nSPS) is 13.2. The quantitative estimate of drug-likeness (QED) is 0.748. The van der Waals surface area contributed by atoms with E-state index in [-0.39, 0.29) is 0 Å². The van der Waals surface area contributed by atoms with Crippen molar-refractivity contribution in [1.82, 2.24) is 14.9 Å². The topological polar surface area (TPSA) is 29.9 Å². The highest BCUT2D eigenvalue weighted by Crippen LogP contribution is 2.08. The fourth-order valence-corrected chi connectivity index (χ4v) is 1.47. The Morgan fingerprint density at radius 3 is 2.92 bits per heavy atom. The van der Waals surface area contributed by atoms with Gasteiger partial charge in [-0.3, -0.25) is 0 Å². The second-order valence-corrected chi connectivity index (χ2v) is 3.26. The van der Waals surface area contributed by atoms with Crippen LogP contribution in [-0.4, -0.2) is 22.6 Å². The molecule has 0 amide bonds. The van der Waals surface area contributed by atoms with E-state index in [0.717, 1.165) is 19.5 Å². The monoisotopic (exact) mass is 181 g/mol. The predicted octanol–water partition coefficient (Wildman–Crippen LogP) is 1.62. The summed E-state index contributed by atoms with van der Waals surface area (Å²) in [5, 5.41) is 3.34. The number of aryl methyl sites for hydroxylation is 1. The molecule has 1 atom stereocenters. The van der Waals surface area contributed by atoms with E-state index in [9.17, 15) is 0 Å². The molecule has 0 aromatic carbocycles. The van der Waals surface area contributed by atoms with Gasteiger partial charge in [0.25, 0.3) is 0 Å². The van der Waals surface area contributed by atoms with Crippen molar-refractivity contribution in [2.45, 2.75) is 33.2 Å². The van der Waals surface area contributed by atoms with Crippen molar-refractivity contribution in [1.29, 1.82) is 0 Å². The van der Waals surface area contributed by atoms with Gasteiger partial charge < -0.3 is 9.88 Å². The smallest absolute Gasteiger partial charge is 0.108 e. The van der Waals surface area contributed by atoms with Crippen molar-refractivity contribution < 1.29 is 0 Å². The summed E-state index contributed by atoms with van der Waals surface area (Å²) in [4.78, 5) is 4.30. The number of nitrogens with one attached hydrogen (secondary N) is 1. The summed E-state index contributed by atoms with van der Waals surface area (Å²) in [6.45, 7) is 8.52. The molecule has 1 aromatic rings. The van der Waals surface area contributed by atoms with E-state index in [1.54, 1.807) is 0 Å². The van der Waals surface area contributed by atoms with Crippen LogP contribution in [0.25, 0.3) is 0 Å². The maximum atomic E-state index is 4.30. The molecule has 1 rings (SSSR count). The Hall–Kier alpha value is -0.830. The van der Waals surface area contributed by atoms with E-state index >= 15 is 0 Å². The molecule has 3 nitrogen and oxygen atoms in total. The van der Waals surface area contributed by atoms with Gasteiger partial charge in [-0.1, -0.05) is 13.8 Å². The first-order valence-electron chi connectivity index (χ1n) is 5.02. The average Bonchev–Trinajstić information content (AvgIpc) is 2.61. The van der Waals surface area contributed by atoms with Crippen LogP contribution >= 0.6 is 0 Å². The SMILES string of the molecule is CCNCC(C)n1ccnc1CC. The number of rotatable bonds is 5. The lowest BCUT2D eigenvalue weighted by Gasteiger charge is -2.15. The number of nitrogens with zero attached hydrogens (tertiary/aromatic N) is 2.